The Bertz CT molecular complexity index is 984. The molecule has 0 spiro atoms. The van der Waals surface area contributed by atoms with Gasteiger partial charge in [-0.1, -0.05) is 0 Å². The summed E-state index contributed by atoms with van der Waals surface area (Å²) in [7, 11) is 0. The van der Waals surface area contributed by atoms with E-state index in [4.69, 9.17) is 5.73 Å². The summed E-state index contributed by atoms with van der Waals surface area (Å²) in [5.41, 5.74) is -0.223. The number of rotatable bonds is 5. The molecule has 1 amide bonds. The Hall–Kier alpha value is -3.18. The van der Waals surface area contributed by atoms with Gasteiger partial charge < -0.3 is 5.73 Å². The maximum Gasteiger partial charge on any atom is 0.352 e. The minimum absolute atomic E-state index is 0.349. The first-order valence-corrected chi connectivity index (χ1v) is 8.57. The van der Waals surface area contributed by atoms with E-state index < -0.39 is 59.1 Å². The van der Waals surface area contributed by atoms with Gasteiger partial charge in [-0.25, -0.2) is 22.5 Å². The Morgan fingerprint density at radius 3 is 2.63 bits per heavy atom. The smallest absolute Gasteiger partial charge is 0.352 e. The zero-order valence-electron chi connectivity index (χ0n) is 15.2. The Kier molecular flexibility index (Phi) is 5.44. The summed E-state index contributed by atoms with van der Waals surface area (Å²) in [5, 5.41) is 1.36. The zero-order chi connectivity index (χ0) is 22.2. The molecule has 2 aromatic rings. The van der Waals surface area contributed by atoms with Crippen molar-refractivity contribution in [1.29, 1.82) is 0 Å². The van der Waals surface area contributed by atoms with Crippen LogP contribution < -0.4 is 11.1 Å². The zero-order valence-corrected chi connectivity index (χ0v) is 15.2. The van der Waals surface area contributed by atoms with E-state index in [9.17, 15) is 31.1 Å². The van der Waals surface area contributed by atoms with Crippen LogP contribution in [0.3, 0.4) is 0 Å². The molecule has 30 heavy (non-hydrogen) atoms. The fraction of sp³-hybridized carbons (Fsp3) is 0.333. The normalized spacial score (nSPS) is 21.1. The van der Waals surface area contributed by atoms with E-state index in [1.807, 2.05) is 0 Å². The number of aromatic nitrogens is 2. The Balaban J connectivity index is 2.04. The number of nitrogens with one attached hydrogen (secondary N) is 1. The number of benzene rings is 1. The second kappa shape index (κ2) is 7.58. The molecule has 0 saturated carbocycles. The van der Waals surface area contributed by atoms with E-state index >= 15 is 0 Å². The molecular formula is C18H15F6N5O. The summed E-state index contributed by atoms with van der Waals surface area (Å²) < 4.78 is 86.7. The van der Waals surface area contributed by atoms with Crippen LogP contribution in [-0.4, -0.2) is 34.3 Å². The van der Waals surface area contributed by atoms with Crippen molar-refractivity contribution < 1.29 is 31.1 Å². The number of halogens is 6. The Labute approximate surface area is 166 Å². The number of amidine groups is 1. The monoisotopic (exact) mass is 431 g/mol. The fourth-order valence-corrected chi connectivity index (χ4v) is 3.06. The molecule has 0 aliphatic carbocycles. The highest BCUT2D eigenvalue weighted by atomic mass is 19.3. The molecule has 0 saturated heterocycles. The van der Waals surface area contributed by atoms with Crippen LogP contribution in [0.4, 0.5) is 26.3 Å². The van der Waals surface area contributed by atoms with Gasteiger partial charge in [-0.05, 0) is 18.2 Å². The third-order valence-corrected chi connectivity index (χ3v) is 4.67. The second-order valence-electron chi connectivity index (χ2n) is 6.62. The van der Waals surface area contributed by atoms with E-state index in [0.29, 0.717) is 18.2 Å². The predicted octanol–water partition coefficient (Wildman–Crippen LogP) is 3.05. The molecule has 0 radical (unpaired) electrons. The van der Waals surface area contributed by atoms with Crippen LogP contribution in [-0.2, 0) is 11.6 Å². The van der Waals surface area contributed by atoms with Crippen LogP contribution in [0.25, 0.3) is 0 Å². The lowest BCUT2D eigenvalue weighted by atomic mass is 9.80. The largest absolute Gasteiger partial charge is 0.387 e. The molecule has 0 bridgehead atoms. The van der Waals surface area contributed by atoms with E-state index in [0.717, 1.165) is 12.4 Å². The SMILES string of the molecule is NC1=N[C@](CF)(c2cc(C(F)(F)NC(=O)c3cnccn3)ccc2F)C(F)(F)CC1. The maximum absolute atomic E-state index is 14.6. The van der Waals surface area contributed by atoms with Gasteiger partial charge in [0, 0.05) is 36.4 Å². The summed E-state index contributed by atoms with van der Waals surface area (Å²) in [4.78, 5) is 22.5. The van der Waals surface area contributed by atoms with Crippen LogP contribution in [0.1, 0.15) is 34.5 Å². The number of alkyl halides is 5. The number of nitrogens with zero attached hydrogens (tertiary/aromatic N) is 3. The first kappa shape index (κ1) is 21.5. The van der Waals surface area contributed by atoms with E-state index in [-0.39, 0.29) is 12.3 Å². The molecule has 2 heterocycles. The first-order chi connectivity index (χ1) is 14.0. The summed E-state index contributed by atoms with van der Waals surface area (Å²) in [6.45, 7) is -1.88. The highest BCUT2D eigenvalue weighted by Crippen LogP contribution is 2.48. The molecule has 160 valence electrons. The molecule has 0 fully saturated rings. The van der Waals surface area contributed by atoms with Crippen molar-refractivity contribution >= 4 is 11.7 Å². The molecule has 1 aromatic carbocycles. The minimum atomic E-state index is -4.13. The van der Waals surface area contributed by atoms with Crippen molar-refractivity contribution in [2.45, 2.75) is 30.3 Å². The summed E-state index contributed by atoms with van der Waals surface area (Å²) in [5.74, 6) is -6.93. The van der Waals surface area contributed by atoms with Gasteiger partial charge in [0.1, 0.15) is 18.2 Å². The number of carbonyl (C=O) groups excluding carboxylic acids is 1. The van der Waals surface area contributed by atoms with Crippen LogP contribution in [0.2, 0.25) is 0 Å². The number of hydrogen-bond donors (Lipinski definition) is 2. The van der Waals surface area contributed by atoms with Crippen molar-refractivity contribution in [3.63, 3.8) is 0 Å². The topological polar surface area (TPSA) is 93.3 Å². The van der Waals surface area contributed by atoms with Crippen molar-refractivity contribution in [3.05, 3.63) is 59.4 Å². The Morgan fingerprint density at radius 1 is 1.27 bits per heavy atom. The third kappa shape index (κ3) is 3.68. The lowest BCUT2D eigenvalue weighted by Crippen LogP contribution is -2.51. The fourth-order valence-electron chi connectivity index (χ4n) is 3.06. The second-order valence-corrected chi connectivity index (χ2v) is 6.62. The molecule has 12 heteroatoms. The molecule has 0 unspecified atom stereocenters. The molecule has 1 atom stereocenters. The number of carbonyl (C=O) groups is 1. The molecule has 1 aliphatic heterocycles. The maximum atomic E-state index is 14.6. The summed E-state index contributed by atoms with van der Waals surface area (Å²) in [6.07, 6.45) is 1.95. The molecule has 1 aliphatic rings. The number of hydrogen-bond acceptors (Lipinski definition) is 5. The van der Waals surface area contributed by atoms with Crippen molar-refractivity contribution in [3.8, 4) is 0 Å². The van der Waals surface area contributed by atoms with Crippen LogP contribution in [0, 0.1) is 5.82 Å². The average Bonchev–Trinajstić information content (AvgIpc) is 2.70. The third-order valence-electron chi connectivity index (χ3n) is 4.67. The molecule has 3 rings (SSSR count). The quantitative estimate of drug-likeness (QED) is 0.562. The van der Waals surface area contributed by atoms with E-state index in [1.165, 1.54) is 11.5 Å². The lowest BCUT2D eigenvalue weighted by Gasteiger charge is -2.39. The standard InChI is InChI=1S/C18H15F6N5O/c19-9-16(17(21,22)4-3-14(25)28-16)11-7-10(1-2-12(11)20)18(23,24)29-15(30)13-8-26-5-6-27-13/h1-2,5-8H,3-4,9H2,(H2,25,28)(H,29,30)/t16-/m1/s1. The molecule has 6 nitrogen and oxygen atoms in total. The van der Waals surface area contributed by atoms with Gasteiger partial charge in [0.15, 0.2) is 5.54 Å². The van der Waals surface area contributed by atoms with E-state index in [1.54, 1.807) is 0 Å². The lowest BCUT2D eigenvalue weighted by molar-refractivity contribution is -0.0963. The first-order valence-electron chi connectivity index (χ1n) is 8.57. The summed E-state index contributed by atoms with van der Waals surface area (Å²) >= 11 is 0. The molecular weight excluding hydrogens is 416 g/mol. The molecule has 3 N–H and O–H groups in total. The van der Waals surface area contributed by atoms with E-state index in [2.05, 4.69) is 15.0 Å². The number of nitrogens with two attached hydrogens (primary N) is 1. The van der Waals surface area contributed by atoms with Crippen molar-refractivity contribution in [1.82, 2.24) is 15.3 Å². The minimum Gasteiger partial charge on any atom is -0.387 e. The van der Waals surface area contributed by atoms with Crippen LogP contribution in [0.5, 0.6) is 0 Å². The number of aliphatic imine (C=N–C) groups is 1. The van der Waals surface area contributed by atoms with Gasteiger partial charge in [0.05, 0.1) is 12.0 Å². The van der Waals surface area contributed by atoms with Gasteiger partial charge in [-0.3, -0.25) is 20.1 Å². The van der Waals surface area contributed by atoms with Gasteiger partial charge in [0.25, 0.3) is 11.8 Å². The van der Waals surface area contributed by atoms with Crippen LogP contribution in [0.15, 0.2) is 41.8 Å². The van der Waals surface area contributed by atoms with Gasteiger partial charge in [-0.2, -0.15) is 8.78 Å². The van der Waals surface area contributed by atoms with Gasteiger partial charge in [-0.15, -0.1) is 0 Å². The van der Waals surface area contributed by atoms with Gasteiger partial charge >= 0.3 is 6.05 Å². The Morgan fingerprint density at radius 2 is 2.00 bits per heavy atom. The summed E-state index contributed by atoms with van der Waals surface area (Å²) in [6, 6.07) is -2.73. The highest BCUT2D eigenvalue weighted by molar-refractivity contribution is 5.92. The van der Waals surface area contributed by atoms with Gasteiger partial charge in [0.2, 0.25) is 0 Å². The molecule has 1 aromatic heterocycles. The van der Waals surface area contributed by atoms with Crippen molar-refractivity contribution in [2.24, 2.45) is 10.7 Å². The number of amides is 1. The predicted molar refractivity (Wildman–Crippen MR) is 93.2 cm³/mol. The van der Waals surface area contributed by atoms with Crippen LogP contribution >= 0.6 is 0 Å². The highest BCUT2D eigenvalue weighted by Gasteiger charge is 2.58. The average molecular weight is 431 g/mol. The van der Waals surface area contributed by atoms with Crippen molar-refractivity contribution in [2.75, 3.05) is 6.67 Å².